The summed E-state index contributed by atoms with van der Waals surface area (Å²) in [6.45, 7) is 6.35. The molecule has 0 unspecified atom stereocenters. The molecule has 0 saturated heterocycles. The molecule has 0 bridgehead atoms. The minimum absolute atomic E-state index is 0.0413. The van der Waals surface area contributed by atoms with Crippen molar-refractivity contribution in [3.63, 3.8) is 0 Å². The van der Waals surface area contributed by atoms with E-state index < -0.39 is 0 Å². The van der Waals surface area contributed by atoms with E-state index in [0.717, 1.165) is 94.2 Å². The summed E-state index contributed by atoms with van der Waals surface area (Å²) in [5.74, 6) is 0. The molecule has 2 aliphatic heterocycles. The van der Waals surface area contributed by atoms with Crippen molar-refractivity contribution >= 4 is 95.5 Å². The minimum Gasteiger partial charge on any atom is -0.310 e. The lowest BCUT2D eigenvalue weighted by Crippen LogP contribution is -2.60. The SMILES string of the molecule is [2H]c1c([2H])c([2H])c2c(c1[2H])c1cc(C(C)(C)C)ccc1n2-c1cc2c3c(c1)N(c1c(-c4ccccc4)cccc1-c1ccccc1)c1cc(-c4ccccc4)ccc1B3c1cc3c(cc1S2)c1ccccc1n3-c1ccccc1. The molecule has 0 aliphatic carbocycles. The first-order chi connectivity index (χ1) is 38.5. The van der Waals surface area contributed by atoms with Crippen LogP contribution >= 0.6 is 11.8 Å². The molecule has 0 spiro atoms. The van der Waals surface area contributed by atoms with Crippen molar-refractivity contribution in [1.29, 1.82) is 0 Å². The maximum atomic E-state index is 9.75. The van der Waals surface area contributed by atoms with Crippen molar-refractivity contribution in [2.45, 2.75) is 36.0 Å². The van der Waals surface area contributed by atoms with Gasteiger partial charge in [0.15, 0.2) is 0 Å². The van der Waals surface area contributed by atoms with E-state index in [1.54, 1.807) is 11.8 Å². The van der Waals surface area contributed by atoms with Gasteiger partial charge in [-0.1, -0.05) is 220 Å². The molecule has 13 aromatic rings. The number of rotatable bonds is 6. The van der Waals surface area contributed by atoms with Crippen LogP contribution in [0.3, 0.4) is 0 Å². The van der Waals surface area contributed by atoms with E-state index in [4.69, 9.17) is 1.37 Å². The zero-order valence-electron chi connectivity index (χ0n) is 45.7. The van der Waals surface area contributed by atoms with Crippen LogP contribution in [0.1, 0.15) is 31.8 Å². The molecular weight excluding hydrogens is 926 g/mol. The third-order valence-corrected chi connectivity index (χ3v) is 16.8. The summed E-state index contributed by atoms with van der Waals surface area (Å²) in [6, 6.07) is 80.5. The highest BCUT2D eigenvalue weighted by Gasteiger charge is 2.43. The summed E-state index contributed by atoms with van der Waals surface area (Å²) in [7, 11) is 0. The number of hydrogen-bond acceptors (Lipinski definition) is 2. The number of hydrogen-bond donors (Lipinski definition) is 0. The van der Waals surface area contributed by atoms with Crippen LogP contribution < -0.4 is 21.3 Å². The monoisotopic (exact) mass is 979 g/mol. The third-order valence-electron chi connectivity index (χ3n) is 15.6. The molecule has 11 aromatic carbocycles. The van der Waals surface area contributed by atoms with Crippen molar-refractivity contribution in [1.82, 2.24) is 9.13 Å². The van der Waals surface area contributed by atoms with Gasteiger partial charge in [0.1, 0.15) is 0 Å². The highest BCUT2D eigenvalue weighted by molar-refractivity contribution is 8.00. The molecule has 0 atom stereocenters. The smallest absolute Gasteiger partial charge is 0.249 e. The zero-order valence-corrected chi connectivity index (χ0v) is 42.5. The first kappa shape index (κ1) is 39.7. The number of benzene rings is 11. The molecule has 0 saturated carbocycles. The van der Waals surface area contributed by atoms with Crippen LogP contribution in [-0.4, -0.2) is 15.8 Å². The van der Waals surface area contributed by atoms with Crippen LogP contribution in [0.25, 0.3) is 88.4 Å². The fourth-order valence-corrected chi connectivity index (χ4v) is 13.4. The van der Waals surface area contributed by atoms with E-state index in [1.807, 2.05) is 0 Å². The van der Waals surface area contributed by atoms with Crippen LogP contribution in [-0.2, 0) is 5.41 Å². The maximum absolute atomic E-state index is 9.75. The van der Waals surface area contributed by atoms with E-state index in [1.165, 1.54) is 32.1 Å². The second-order valence-corrected chi connectivity index (χ2v) is 22.0. The molecule has 0 N–H and O–H groups in total. The molecule has 4 heterocycles. The van der Waals surface area contributed by atoms with Crippen LogP contribution in [0, 0.1) is 0 Å². The average Bonchev–Trinajstić information content (AvgIpc) is 4.25. The lowest BCUT2D eigenvalue weighted by molar-refractivity contribution is 0.591. The van der Waals surface area contributed by atoms with Crippen LogP contribution in [0.5, 0.6) is 0 Å². The number of fused-ring (bicyclic) bond motifs is 10. The van der Waals surface area contributed by atoms with Gasteiger partial charge < -0.3 is 14.0 Å². The first-order valence-electron chi connectivity index (χ1n) is 27.8. The van der Waals surface area contributed by atoms with Gasteiger partial charge in [0, 0.05) is 65.2 Å². The molecule has 5 heteroatoms. The summed E-state index contributed by atoms with van der Waals surface area (Å²) < 4.78 is 42.0. The van der Waals surface area contributed by atoms with Gasteiger partial charge in [0.25, 0.3) is 0 Å². The molecule has 2 aliphatic rings. The number of nitrogens with zero attached hydrogens (tertiary/aromatic N) is 3. The van der Waals surface area contributed by atoms with Gasteiger partial charge in [-0.2, -0.15) is 0 Å². The molecule has 75 heavy (non-hydrogen) atoms. The molecule has 0 radical (unpaired) electrons. The Bertz CT molecular complexity index is 4610. The summed E-state index contributed by atoms with van der Waals surface area (Å²) >= 11 is 1.79. The van der Waals surface area contributed by atoms with Gasteiger partial charge in [0.2, 0.25) is 6.71 Å². The predicted molar refractivity (Wildman–Crippen MR) is 320 cm³/mol. The van der Waals surface area contributed by atoms with Crippen molar-refractivity contribution in [3.8, 4) is 44.8 Å². The van der Waals surface area contributed by atoms with E-state index in [-0.39, 0.29) is 36.3 Å². The fourth-order valence-electron chi connectivity index (χ4n) is 12.2. The number of anilines is 3. The first-order valence-corrected chi connectivity index (χ1v) is 26.6. The Hall–Kier alpha value is -8.77. The number of para-hydroxylation sites is 4. The largest absolute Gasteiger partial charge is 0.310 e. The molecular formula is C70H50BN3S. The van der Waals surface area contributed by atoms with Gasteiger partial charge in [-0.25, -0.2) is 0 Å². The van der Waals surface area contributed by atoms with Crippen LogP contribution in [0.15, 0.2) is 258 Å². The molecule has 15 rings (SSSR count). The number of aromatic nitrogens is 2. The highest BCUT2D eigenvalue weighted by atomic mass is 32.2. The molecule has 2 aromatic heterocycles. The lowest BCUT2D eigenvalue weighted by atomic mass is 9.34. The minimum atomic E-state index is -0.257. The van der Waals surface area contributed by atoms with Crippen molar-refractivity contribution in [2.24, 2.45) is 0 Å². The second kappa shape index (κ2) is 16.9. The fraction of sp³-hybridized carbons (Fsp3) is 0.0571. The summed E-state index contributed by atoms with van der Waals surface area (Å²) in [4.78, 5) is 4.78. The maximum Gasteiger partial charge on any atom is 0.249 e. The highest BCUT2D eigenvalue weighted by Crippen LogP contribution is 2.51. The van der Waals surface area contributed by atoms with Gasteiger partial charge in [0.05, 0.1) is 33.2 Å². The Kier molecular flexibility index (Phi) is 8.95. The third kappa shape index (κ3) is 6.84. The summed E-state index contributed by atoms with van der Waals surface area (Å²) in [5, 5.41) is 3.68. The van der Waals surface area contributed by atoms with Crippen molar-refractivity contribution in [3.05, 3.63) is 254 Å². The van der Waals surface area contributed by atoms with Gasteiger partial charge in [-0.15, -0.1) is 0 Å². The Balaban J connectivity index is 1.11. The Morgan fingerprint density at radius 3 is 1.76 bits per heavy atom. The topological polar surface area (TPSA) is 13.1 Å². The Morgan fingerprint density at radius 2 is 1.04 bits per heavy atom. The Labute approximate surface area is 447 Å². The normalized spacial score (nSPS) is 13.6. The average molecular weight is 980 g/mol. The Morgan fingerprint density at radius 1 is 0.413 bits per heavy atom. The van der Waals surface area contributed by atoms with E-state index in [9.17, 15) is 4.11 Å². The molecule has 3 nitrogen and oxygen atoms in total. The van der Waals surface area contributed by atoms with Crippen molar-refractivity contribution < 1.29 is 5.48 Å². The summed E-state index contributed by atoms with van der Waals surface area (Å²) in [5.41, 5.74) is 19.6. The van der Waals surface area contributed by atoms with Gasteiger partial charge in [-0.3, -0.25) is 0 Å². The predicted octanol–water partition coefficient (Wildman–Crippen LogP) is 16.9. The zero-order chi connectivity index (χ0) is 53.4. The molecule has 354 valence electrons. The second-order valence-electron chi connectivity index (χ2n) is 21.0. The van der Waals surface area contributed by atoms with Crippen LogP contribution in [0.2, 0.25) is 0 Å². The standard InChI is InChI=1S/C70H50BN3S/c1-70(2,3)49-36-38-62-56(40-49)54-29-16-19-34-61(54)73(62)51-41-65-68-67(42-51)75-66-43-57-55-30-17-18-33-60(55)72(50-27-14-7-15-28-50)63(57)44-59(66)71(68)58-37-35-48(45-21-8-4-9-22-45)39-64(58)74(65)69-52(46-23-10-5-11-24-46)31-20-32-53(69)47-25-12-6-13-26-47/h4-44H,1-3H3/i16D,19D,29D,34D. The molecule has 0 fully saturated rings. The molecule has 0 amide bonds. The van der Waals surface area contributed by atoms with Crippen LogP contribution in [0.4, 0.5) is 17.1 Å². The lowest BCUT2D eigenvalue weighted by Gasteiger charge is -2.42. The van der Waals surface area contributed by atoms with Crippen molar-refractivity contribution in [2.75, 3.05) is 4.90 Å². The van der Waals surface area contributed by atoms with Gasteiger partial charge >= 0.3 is 0 Å². The van der Waals surface area contributed by atoms with Gasteiger partial charge in [-0.05, 0) is 111 Å². The quantitative estimate of drug-likeness (QED) is 0.154. The van der Waals surface area contributed by atoms with E-state index in [0.29, 0.717) is 10.9 Å². The van der Waals surface area contributed by atoms with E-state index in [2.05, 4.69) is 259 Å². The summed E-state index contributed by atoms with van der Waals surface area (Å²) in [6.07, 6.45) is 0. The van der Waals surface area contributed by atoms with E-state index >= 15 is 0 Å².